The number of hydrogen-bond donors (Lipinski definition) is 1. The molecule has 1 saturated heterocycles. The van der Waals surface area contributed by atoms with Gasteiger partial charge in [0, 0.05) is 25.2 Å². The van der Waals surface area contributed by atoms with Crippen LogP contribution in [0, 0.1) is 11.3 Å². The lowest BCUT2D eigenvalue weighted by Crippen LogP contribution is -2.48. The van der Waals surface area contributed by atoms with Crippen LogP contribution in [-0.2, 0) is 14.8 Å². The van der Waals surface area contributed by atoms with Gasteiger partial charge in [-0.3, -0.25) is 4.79 Å². The van der Waals surface area contributed by atoms with Gasteiger partial charge in [0.05, 0.1) is 13.4 Å². The molecule has 152 valence electrons. The van der Waals surface area contributed by atoms with Gasteiger partial charge in [0.15, 0.2) is 18.1 Å². The SMILES string of the molecule is COc1cc(/C=C/C(=O)N2CCCCC2CNS(C)(=O)=O)ccc1OCC#N. The quantitative estimate of drug-likeness (QED) is 0.655. The van der Waals surface area contributed by atoms with Crippen molar-refractivity contribution in [3.63, 3.8) is 0 Å². The number of nitrogens with one attached hydrogen (secondary N) is 1. The van der Waals surface area contributed by atoms with Crippen molar-refractivity contribution >= 4 is 22.0 Å². The molecule has 1 amide bonds. The molecule has 1 fully saturated rings. The predicted molar refractivity (Wildman–Crippen MR) is 105 cm³/mol. The van der Waals surface area contributed by atoms with Crippen molar-refractivity contribution < 1.29 is 22.7 Å². The first-order chi connectivity index (χ1) is 13.3. The highest BCUT2D eigenvalue weighted by molar-refractivity contribution is 7.88. The first-order valence-electron chi connectivity index (χ1n) is 8.95. The molecule has 9 heteroatoms. The van der Waals surface area contributed by atoms with Crippen molar-refractivity contribution in [3.8, 4) is 17.6 Å². The number of nitriles is 1. The van der Waals surface area contributed by atoms with Crippen LogP contribution in [0.25, 0.3) is 6.08 Å². The van der Waals surface area contributed by atoms with E-state index in [4.69, 9.17) is 14.7 Å². The fraction of sp³-hybridized carbons (Fsp3) is 0.474. The molecule has 28 heavy (non-hydrogen) atoms. The fourth-order valence-electron chi connectivity index (χ4n) is 3.03. The number of amides is 1. The normalized spacial score (nSPS) is 17.3. The van der Waals surface area contributed by atoms with Crippen LogP contribution >= 0.6 is 0 Å². The van der Waals surface area contributed by atoms with Crippen molar-refractivity contribution in [1.82, 2.24) is 9.62 Å². The molecular formula is C19H25N3O5S. The van der Waals surface area contributed by atoms with Crippen LogP contribution in [-0.4, -0.2) is 58.3 Å². The molecule has 1 aliphatic rings. The molecule has 2 rings (SSSR count). The van der Waals surface area contributed by atoms with E-state index in [9.17, 15) is 13.2 Å². The first kappa shape index (κ1) is 21.7. The average Bonchev–Trinajstić information content (AvgIpc) is 2.68. The standard InChI is InChI=1S/C19H25N3O5S/c1-26-18-13-15(6-8-17(18)27-12-10-20)7-9-19(23)22-11-4-3-5-16(22)14-21-28(2,24)25/h6-9,13,16,21H,3-5,11-12,14H2,1-2H3/b9-7+. The van der Waals surface area contributed by atoms with Crippen LogP contribution in [0.3, 0.4) is 0 Å². The molecule has 8 nitrogen and oxygen atoms in total. The van der Waals surface area contributed by atoms with E-state index in [2.05, 4.69) is 4.72 Å². The summed E-state index contributed by atoms with van der Waals surface area (Å²) in [6.45, 7) is 0.739. The molecule has 0 saturated carbocycles. The smallest absolute Gasteiger partial charge is 0.246 e. The second-order valence-electron chi connectivity index (χ2n) is 6.49. The predicted octanol–water partition coefficient (Wildman–Crippen LogP) is 1.54. The summed E-state index contributed by atoms with van der Waals surface area (Å²) in [6, 6.07) is 6.90. The van der Waals surface area contributed by atoms with Crippen molar-refractivity contribution in [3.05, 3.63) is 29.8 Å². The number of piperidine rings is 1. The number of carbonyl (C=O) groups is 1. The molecule has 0 aliphatic carbocycles. The number of hydrogen-bond acceptors (Lipinski definition) is 6. The van der Waals surface area contributed by atoms with Crippen LogP contribution in [0.4, 0.5) is 0 Å². The monoisotopic (exact) mass is 407 g/mol. The number of benzene rings is 1. The van der Waals surface area contributed by atoms with Gasteiger partial charge in [0.1, 0.15) is 6.07 Å². The van der Waals surface area contributed by atoms with Crippen molar-refractivity contribution in [1.29, 1.82) is 5.26 Å². The molecule has 1 atom stereocenters. The highest BCUT2D eigenvalue weighted by Gasteiger charge is 2.25. The van der Waals surface area contributed by atoms with Gasteiger partial charge in [0.2, 0.25) is 15.9 Å². The minimum absolute atomic E-state index is 0.0815. The zero-order chi connectivity index (χ0) is 20.6. The Labute approximate surface area is 165 Å². The van der Waals surface area contributed by atoms with E-state index in [1.54, 1.807) is 29.2 Å². The number of ether oxygens (including phenoxy) is 2. The van der Waals surface area contributed by atoms with E-state index in [-0.39, 0.29) is 25.1 Å². The molecule has 0 spiro atoms. The Morgan fingerprint density at radius 3 is 2.86 bits per heavy atom. The van der Waals surface area contributed by atoms with Gasteiger partial charge in [-0.25, -0.2) is 13.1 Å². The maximum Gasteiger partial charge on any atom is 0.246 e. The number of methoxy groups -OCH3 is 1. The van der Waals surface area contributed by atoms with Crippen LogP contribution in [0.5, 0.6) is 11.5 Å². The van der Waals surface area contributed by atoms with E-state index in [1.807, 2.05) is 6.07 Å². The van der Waals surface area contributed by atoms with E-state index in [0.29, 0.717) is 18.0 Å². The molecule has 1 aliphatic heterocycles. The van der Waals surface area contributed by atoms with E-state index in [0.717, 1.165) is 31.1 Å². The summed E-state index contributed by atoms with van der Waals surface area (Å²) in [4.78, 5) is 14.3. The number of nitrogens with zero attached hydrogens (tertiary/aromatic N) is 2. The van der Waals surface area contributed by atoms with Gasteiger partial charge in [-0.15, -0.1) is 0 Å². The summed E-state index contributed by atoms with van der Waals surface area (Å²) in [5.74, 6) is 0.761. The number of rotatable bonds is 8. The third kappa shape index (κ3) is 6.55. The van der Waals surface area contributed by atoms with Crippen LogP contribution < -0.4 is 14.2 Å². The zero-order valence-corrected chi connectivity index (χ0v) is 16.9. The molecule has 0 bridgehead atoms. The van der Waals surface area contributed by atoms with Crippen LogP contribution in [0.2, 0.25) is 0 Å². The number of likely N-dealkylation sites (tertiary alicyclic amines) is 1. The Bertz CT molecular complexity index is 861. The molecule has 1 heterocycles. The van der Waals surface area contributed by atoms with Gasteiger partial charge < -0.3 is 14.4 Å². The van der Waals surface area contributed by atoms with Crippen LogP contribution in [0.1, 0.15) is 24.8 Å². The zero-order valence-electron chi connectivity index (χ0n) is 16.1. The van der Waals surface area contributed by atoms with Gasteiger partial charge in [-0.05, 0) is 43.0 Å². The van der Waals surface area contributed by atoms with E-state index in [1.165, 1.54) is 13.2 Å². The van der Waals surface area contributed by atoms with Gasteiger partial charge in [-0.2, -0.15) is 5.26 Å². The number of carbonyl (C=O) groups excluding carboxylic acids is 1. The molecule has 0 aromatic heterocycles. The molecule has 1 aromatic rings. The molecular weight excluding hydrogens is 382 g/mol. The van der Waals surface area contributed by atoms with Crippen LogP contribution in [0.15, 0.2) is 24.3 Å². The lowest BCUT2D eigenvalue weighted by molar-refractivity contribution is -0.129. The first-order valence-corrected chi connectivity index (χ1v) is 10.8. The Morgan fingerprint density at radius 2 is 2.18 bits per heavy atom. The lowest BCUT2D eigenvalue weighted by Gasteiger charge is -2.35. The lowest BCUT2D eigenvalue weighted by atomic mass is 10.0. The van der Waals surface area contributed by atoms with Gasteiger partial charge >= 0.3 is 0 Å². The Kier molecular flexibility index (Phi) is 7.84. The molecule has 1 aromatic carbocycles. The topological polar surface area (TPSA) is 109 Å². The van der Waals surface area contributed by atoms with Crippen molar-refractivity contribution in [2.24, 2.45) is 0 Å². The summed E-state index contributed by atoms with van der Waals surface area (Å²) in [5.41, 5.74) is 0.748. The third-order valence-corrected chi connectivity index (χ3v) is 5.08. The highest BCUT2D eigenvalue weighted by Crippen LogP contribution is 2.28. The largest absolute Gasteiger partial charge is 0.493 e. The summed E-state index contributed by atoms with van der Waals surface area (Å²) < 4.78 is 35.7. The minimum Gasteiger partial charge on any atom is -0.493 e. The second-order valence-corrected chi connectivity index (χ2v) is 8.33. The number of sulfonamides is 1. The Balaban J connectivity index is 2.07. The third-order valence-electron chi connectivity index (χ3n) is 4.39. The van der Waals surface area contributed by atoms with Crippen molar-refractivity contribution in [2.75, 3.05) is 33.1 Å². The summed E-state index contributed by atoms with van der Waals surface area (Å²) >= 11 is 0. The van der Waals surface area contributed by atoms with Crippen molar-refractivity contribution in [2.45, 2.75) is 25.3 Å². The second kappa shape index (κ2) is 10.1. The fourth-order valence-corrected chi connectivity index (χ4v) is 3.53. The summed E-state index contributed by atoms with van der Waals surface area (Å²) in [7, 11) is -1.80. The van der Waals surface area contributed by atoms with E-state index < -0.39 is 10.0 Å². The Hall–Kier alpha value is -2.57. The molecule has 0 radical (unpaired) electrons. The summed E-state index contributed by atoms with van der Waals surface area (Å²) in [5, 5.41) is 8.61. The summed E-state index contributed by atoms with van der Waals surface area (Å²) in [6.07, 6.45) is 6.89. The molecule has 1 N–H and O–H groups in total. The average molecular weight is 407 g/mol. The minimum atomic E-state index is -3.30. The maximum atomic E-state index is 12.6. The Morgan fingerprint density at radius 1 is 1.39 bits per heavy atom. The van der Waals surface area contributed by atoms with Gasteiger partial charge in [0.25, 0.3) is 0 Å². The maximum absolute atomic E-state index is 12.6. The highest BCUT2D eigenvalue weighted by atomic mass is 32.2. The van der Waals surface area contributed by atoms with E-state index >= 15 is 0 Å². The molecule has 1 unspecified atom stereocenters. The van der Waals surface area contributed by atoms with Gasteiger partial charge in [-0.1, -0.05) is 6.07 Å².